The number of halogens is 2. The molecule has 0 atom stereocenters. The predicted octanol–water partition coefficient (Wildman–Crippen LogP) is 1.51. The van der Waals surface area contributed by atoms with Crippen LogP contribution in [0.3, 0.4) is 0 Å². The normalized spacial score (nSPS) is 12.3. The van der Waals surface area contributed by atoms with Gasteiger partial charge in [-0.1, -0.05) is 23.2 Å². The van der Waals surface area contributed by atoms with Gasteiger partial charge in [0.05, 0.1) is 27.0 Å². The molecule has 1 N–H and O–H groups in total. The molecule has 0 fully saturated rings. The number of carboxylic acid groups (broad SMARTS) is 1. The van der Waals surface area contributed by atoms with Crippen LogP contribution in [0.1, 0.15) is 10.4 Å². The lowest BCUT2D eigenvalue weighted by Gasteiger charge is -2.09. The van der Waals surface area contributed by atoms with Crippen molar-refractivity contribution in [1.82, 2.24) is 0 Å². The van der Waals surface area contributed by atoms with Crippen LogP contribution in [0.25, 0.3) is 0 Å². The van der Waals surface area contributed by atoms with E-state index in [4.69, 9.17) is 28.3 Å². The van der Waals surface area contributed by atoms with Crippen molar-refractivity contribution in [3.63, 3.8) is 0 Å². The molecule has 0 unspecified atom stereocenters. The molecule has 0 aliphatic heterocycles. The SMILES string of the molecule is CS(=O)(=O)CCS(=O)(=O)c1cc(Cl)cc(C(=O)O)c1Cl. The third kappa shape index (κ3) is 4.34. The van der Waals surface area contributed by atoms with Crippen LogP contribution in [0.5, 0.6) is 0 Å². The first-order valence-corrected chi connectivity index (χ1v) is 9.54. The number of carboxylic acids is 1. The monoisotopic (exact) mass is 360 g/mol. The summed E-state index contributed by atoms with van der Waals surface area (Å²) in [6, 6.07) is 2.01. The zero-order valence-electron chi connectivity index (χ0n) is 10.1. The largest absolute Gasteiger partial charge is 0.478 e. The lowest BCUT2D eigenvalue weighted by Crippen LogP contribution is -2.17. The minimum absolute atomic E-state index is 0.121. The molecule has 0 spiro atoms. The van der Waals surface area contributed by atoms with Crippen molar-refractivity contribution >= 4 is 48.8 Å². The summed E-state index contributed by atoms with van der Waals surface area (Å²) in [5.74, 6) is -2.73. The molecule has 20 heavy (non-hydrogen) atoms. The summed E-state index contributed by atoms with van der Waals surface area (Å²) in [5, 5.41) is 8.29. The summed E-state index contributed by atoms with van der Waals surface area (Å²) >= 11 is 11.4. The molecule has 0 aromatic heterocycles. The van der Waals surface area contributed by atoms with Crippen molar-refractivity contribution in [2.75, 3.05) is 17.8 Å². The standard InChI is InChI=1S/C10H10Cl2O6S2/c1-19(15,16)2-3-20(17,18)8-5-6(11)4-7(9(8)12)10(13)14/h4-5H,2-3H2,1H3,(H,13,14). The maximum atomic E-state index is 12.0. The van der Waals surface area contributed by atoms with E-state index in [1.165, 1.54) is 0 Å². The molecular weight excluding hydrogens is 351 g/mol. The minimum atomic E-state index is -4.06. The zero-order valence-corrected chi connectivity index (χ0v) is 13.3. The molecule has 10 heteroatoms. The first-order chi connectivity index (χ1) is 8.94. The lowest BCUT2D eigenvalue weighted by atomic mass is 10.2. The van der Waals surface area contributed by atoms with Gasteiger partial charge >= 0.3 is 5.97 Å². The Morgan fingerprint density at radius 1 is 1.15 bits per heavy atom. The number of rotatable bonds is 5. The van der Waals surface area contributed by atoms with Crippen LogP contribution in [0, 0.1) is 0 Å². The van der Waals surface area contributed by atoms with Crippen LogP contribution in [-0.2, 0) is 19.7 Å². The summed E-state index contributed by atoms with van der Waals surface area (Å²) in [7, 11) is -7.55. The molecule has 0 heterocycles. The highest BCUT2D eigenvalue weighted by Gasteiger charge is 2.24. The molecule has 1 aromatic carbocycles. The Kier molecular flexibility index (Phi) is 5.07. The average Bonchev–Trinajstić information content (AvgIpc) is 2.28. The van der Waals surface area contributed by atoms with Gasteiger partial charge in [-0.15, -0.1) is 0 Å². The Morgan fingerprint density at radius 2 is 1.70 bits per heavy atom. The van der Waals surface area contributed by atoms with Gasteiger partial charge in [0.2, 0.25) is 0 Å². The quantitative estimate of drug-likeness (QED) is 0.852. The number of hydrogen-bond acceptors (Lipinski definition) is 5. The molecule has 1 rings (SSSR count). The van der Waals surface area contributed by atoms with Gasteiger partial charge in [-0.05, 0) is 12.1 Å². The fraction of sp³-hybridized carbons (Fsp3) is 0.300. The molecule has 0 aliphatic carbocycles. The van der Waals surface area contributed by atoms with Gasteiger partial charge in [-0.25, -0.2) is 21.6 Å². The maximum absolute atomic E-state index is 12.0. The Hall–Kier alpha value is -0.830. The van der Waals surface area contributed by atoms with E-state index in [1.54, 1.807) is 0 Å². The van der Waals surface area contributed by atoms with Crippen LogP contribution in [0.2, 0.25) is 10.0 Å². The van der Waals surface area contributed by atoms with Gasteiger partial charge in [-0.2, -0.15) is 0 Å². The third-order valence-electron chi connectivity index (χ3n) is 2.29. The second kappa shape index (κ2) is 5.88. The molecule has 0 bridgehead atoms. The molecule has 6 nitrogen and oxygen atoms in total. The van der Waals surface area contributed by atoms with Gasteiger partial charge in [0.15, 0.2) is 9.84 Å². The van der Waals surface area contributed by atoms with Crippen molar-refractivity contribution in [3.05, 3.63) is 27.7 Å². The fourth-order valence-electron chi connectivity index (χ4n) is 1.32. The summed E-state index contributed by atoms with van der Waals surface area (Å²) in [6.45, 7) is 0. The smallest absolute Gasteiger partial charge is 0.337 e. The van der Waals surface area contributed by atoms with Crippen molar-refractivity contribution in [2.45, 2.75) is 4.90 Å². The van der Waals surface area contributed by atoms with Crippen molar-refractivity contribution < 1.29 is 26.7 Å². The van der Waals surface area contributed by atoms with Gasteiger partial charge in [0.25, 0.3) is 0 Å². The van der Waals surface area contributed by atoms with E-state index in [9.17, 15) is 21.6 Å². The van der Waals surface area contributed by atoms with E-state index in [0.717, 1.165) is 18.4 Å². The highest BCUT2D eigenvalue weighted by molar-refractivity contribution is 7.94. The Balaban J connectivity index is 3.36. The first kappa shape index (κ1) is 17.2. The molecular formula is C10H10Cl2O6S2. The van der Waals surface area contributed by atoms with E-state index in [0.29, 0.717) is 0 Å². The van der Waals surface area contributed by atoms with Crippen molar-refractivity contribution in [1.29, 1.82) is 0 Å². The lowest BCUT2D eigenvalue weighted by molar-refractivity contribution is 0.0697. The van der Waals surface area contributed by atoms with Gasteiger partial charge in [0, 0.05) is 11.3 Å². The molecule has 0 saturated heterocycles. The summed E-state index contributed by atoms with van der Waals surface area (Å²) in [5.41, 5.74) is -0.461. The molecule has 112 valence electrons. The molecule has 0 saturated carbocycles. The molecule has 0 aliphatic rings. The summed E-state index contributed by atoms with van der Waals surface area (Å²) in [6.07, 6.45) is 0.894. The van der Waals surface area contributed by atoms with Crippen LogP contribution >= 0.6 is 23.2 Å². The number of benzene rings is 1. The highest BCUT2D eigenvalue weighted by atomic mass is 35.5. The zero-order chi connectivity index (χ0) is 15.7. The van der Waals surface area contributed by atoms with E-state index < -0.39 is 52.6 Å². The Labute approximate surface area is 126 Å². The van der Waals surface area contributed by atoms with Gasteiger partial charge < -0.3 is 5.11 Å². The van der Waals surface area contributed by atoms with Gasteiger partial charge in [-0.3, -0.25) is 0 Å². The highest BCUT2D eigenvalue weighted by Crippen LogP contribution is 2.30. The number of hydrogen-bond donors (Lipinski definition) is 1. The second-order valence-corrected chi connectivity index (χ2v) is 9.17. The van der Waals surface area contributed by atoms with E-state index >= 15 is 0 Å². The Morgan fingerprint density at radius 3 is 2.15 bits per heavy atom. The third-order valence-corrected chi connectivity index (χ3v) is 5.97. The van der Waals surface area contributed by atoms with Crippen LogP contribution in [0.15, 0.2) is 17.0 Å². The van der Waals surface area contributed by atoms with E-state index in [-0.39, 0.29) is 5.02 Å². The number of sulfone groups is 2. The second-order valence-electron chi connectivity index (χ2n) is 4.02. The predicted molar refractivity (Wildman–Crippen MR) is 75.2 cm³/mol. The maximum Gasteiger partial charge on any atom is 0.337 e. The van der Waals surface area contributed by atoms with E-state index in [2.05, 4.69) is 0 Å². The molecule has 0 radical (unpaired) electrons. The van der Waals surface area contributed by atoms with Crippen LogP contribution < -0.4 is 0 Å². The number of aromatic carboxylic acids is 1. The fourth-order valence-corrected chi connectivity index (χ4v) is 5.14. The summed E-state index contributed by atoms with van der Waals surface area (Å²) < 4.78 is 46.1. The van der Waals surface area contributed by atoms with Crippen molar-refractivity contribution in [2.24, 2.45) is 0 Å². The Bertz CT molecular complexity index is 752. The van der Waals surface area contributed by atoms with Crippen molar-refractivity contribution in [3.8, 4) is 0 Å². The first-order valence-electron chi connectivity index (χ1n) is 5.07. The number of carbonyl (C=O) groups is 1. The summed E-state index contributed by atoms with van der Waals surface area (Å²) in [4.78, 5) is 10.4. The van der Waals surface area contributed by atoms with Crippen LogP contribution in [-0.4, -0.2) is 45.7 Å². The van der Waals surface area contributed by atoms with E-state index in [1.807, 2.05) is 0 Å². The molecule has 1 aromatic rings. The van der Waals surface area contributed by atoms with Crippen LogP contribution in [0.4, 0.5) is 0 Å². The average molecular weight is 361 g/mol. The van der Waals surface area contributed by atoms with Gasteiger partial charge in [0.1, 0.15) is 9.84 Å². The topological polar surface area (TPSA) is 106 Å². The minimum Gasteiger partial charge on any atom is -0.478 e. The molecule has 0 amide bonds.